The molecule has 0 unspecified atom stereocenters. The van der Waals surface area contributed by atoms with Gasteiger partial charge in [0.25, 0.3) is 5.91 Å². The number of para-hydroxylation sites is 1. The number of amides is 4. The molecule has 1 spiro atoms. The van der Waals surface area contributed by atoms with Crippen molar-refractivity contribution in [3.63, 3.8) is 0 Å². The first-order valence-corrected chi connectivity index (χ1v) is 11.5. The third-order valence-corrected chi connectivity index (χ3v) is 7.70. The molecule has 3 fully saturated rings. The first-order valence-electron chi connectivity index (χ1n) is 11.5. The molecule has 3 heterocycles. The van der Waals surface area contributed by atoms with Crippen molar-refractivity contribution in [2.75, 3.05) is 19.6 Å². The summed E-state index contributed by atoms with van der Waals surface area (Å²) in [5, 5.41) is 4.18. The third-order valence-electron chi connectivity index (χ3n) is 7.70. The number of nitrogens with one attached hydrogen (secondary N) is 2. The van der Waals surface area contributed by atoms with E-state index >= 15 is 0 Å². The number of carbonyl (C=O) groups is 3. The van der Waals surface area contributed by atoms with E-state index in [1.807, 2.05) is 13.0 Å². The Hall–Kier alpha value is -2.83. The lowest BCUT2D eigenvalue weighted by Crippen LogP contribution is -2.54. The fraction of sp³-hybridized carbons (Fsp3) is 0.542. The second kappa shape index (κ2) is 7.70. The third kappa shape index (κ3) is 3.30. The van der Waals surface area contributed by atoms with Crippen LogP contribution in [0.3, 0.4) is 0 Å². The van der Waals surface area contributed by atoms with Crippen molar-refractivity contribution in [3.05, 3.63) is 36.0 Å². The maximum Gasteiger partial charge on any atom is 0.325 e. The Bertz CT molecular complexity index is 1020. The SMILES string of the molecule is C[C@H]1CCCC[C@]12NC(=O)N(CC(=O)N1CCC(c3c[nH]c4ccccc34)CC1)C2=O. The van der Waals surface area contributed by atoms with Crippen molar-refractivity contribution in [1.29, 1.82) is 0 Å². The highest BCUT2D eigenvalue weighted by atomic mass is 16.2. The van der Waals surface area contributed by atoms with Crippen molar-refractivity contribution in [2.45, 2.75) is 56.9 Å². The Morgan fingerprint density at radius 1 is 1.13 bits per heavy atom. The zero-order valence-electron chi connectivity index (χ0n) is 18.0. The van der Waals surface area contributed by atoms with E-state index in [0.717, 1.165) is 42.5 Å². The van der Waals surface area contributed by atoms with Gasteiger partial charge in [-0.15, -0.1) is 0 Å². The van der Waals surface area contributed by atoms with E-state index in [9.17, 15) is 14.4 Å². The number of imide groups is 1. The number of carbonyl (C=O) groups excluding carboxylic acids is 3. The number of hydrogen-bond acceptors (Lipinski definition) is 3. The largest absolute Gasteiger partial charge is 0.361 e. The van der Waals surface area contributed by atoms with Crippen LogP contribution in [0.25, 0.3) is 10.9 Å². The van der Waals surface area contributed by atoms with Crippen LogP contribution < -0.4 is 5.32 Å². The molecule has 0 radical (unpaired) electrons. The van der Waals surface area contributed by atoms with E-state index in [2.05, 4.69) is 34.7 Å². The molecule has 1 aromatic carbocycles. The maximum absolute atomic E-state index is 13.1. The minimum Gasteiger partial charge on any atom is -0.361 e. The second-order valence-electron chi connectivity index (χ2n) is 9.38. The number of rotatable bonds is 3. The van der Waals surface area contributed by atoms with Gasteiger partial charge in [-0.1, -0.05) is 38.0 Å². The lowest BCUT2D eigenvalue weighted by Gasteiger charge is -2.37. The molecular formula is C24H30N4O3. The Labute approximate surface area is 182 Å². The van der Waals surface area contributed by atoms with Gasteiger partial charge in [-0.05, 0) is 49.1 Å². The Balaban J connectivity index is 1.22. The summed E-state index contributed by atoms with van der Waals surface area (Å²) < 4.78 is 0. The number of hydrogen-bond donors (Lipinski definition) is 2. The van der Waals surface area contributed by atoms with Crippen LogP contribution >= 0.6 is 0 Å². The van der Waals surface area contributed by atoms with Gasteiger partial charge in [0.15, 0.2) is 0 Å². The highest BCUT2D eigenvalue weighted by molar-refractivity contribution is 6.09. The van der Waals surface area contributed by atoms with E-state index in [4.69, 9.17) is 0 Å². The topological polar surface area (TPSA) is 85.5 Å². The number of urea groups is 1. The molecule has 164 valence electrons. The van der Waals surface area contributed by atoms with Gasteiger partial charge in [0.1, 0.15) is 12.1 Å². The quantitative estimate of drug-likeness (QED) is 0.744. The molecule has 1 aliphatic carbocycles. The molecule has 2 aromatic rings. The average Bonchev–Trinajstić information content (AvgIpc) is 3.31. The van der Waals surface area contributed by atoms with E-state index in [0.29, 0.717) is 25.4 Å². The number of aromatic nitrogens is 1. The summed E-state index contributed by atoms with van der Waals surface area (Å²) in [7, 11) is 0. The van der Waals surface area contributed by atoms with E-state index in [-0.39, 0.29) is 24.3 Å². The number of H-pyrrole nitrogens is 1. The molecule has 7 heteroatoms. The summed E-state index contributed by atoms with van der Waals surface area (Å²) >= 11 is 0. The van der Waals surface area contributed by atoms with Crippen molar-refractivity contribution >= 4 is 28.7 Å². The molecular weight excluding hydrogens is 392 g/mol. The lowest BCUT2D eigenvalue weighted by molar-refractivity contribution is -0.141. The van der Waals surface area contributed by atoms with E-state index < -0.39 is 11.6 Å². The molecule has 4 amide bonds. The van der Waals surface area contributed by atoms with Crippen molar-refractivity contribution < 1.29 is 14.4 Å². The number of likely N-dealkylation sites (tertiary alicyclic amines) is 1. The minimum absolute atomic E-state index is 0.102. The Morgan fingerprint density at radius 3 is 2.68 bits per heavy atom. The van der Waals surface area contributed by atoms with Crippen LogP contribution in [0.15, 0.2) is 30.5 Å². The molecule has 7 nitrogen and oxygen atoms in total. The van der Waals surface area contributed by atoms with Gasteiger partial charge in [0, 0.05) is 30.2 Å². The average molecular weight is 423 g/mol. The van der Waals surface area contributed by atoms with Crippen LogP contribution in [0.4, 0.5) is 4.79 Å². The van der Waals surface area contributed by atoms with Gasteiger partial charge in [-0.25, -0.2) is 4.79 Å². The predicted molar refractivity (Wildman–Crippen MR) is 117 cm³/mol. The summed E-state index contributed by atoms with van der Waals surface area (Å²) in [6, 6.07) is 7.88. The van der Waals surface area contributed by atoms with Crippen LogP contribution in [0.1, 0.15) is 56.9 Å². The number of fused-ring (bicyclic) bond motifs is 1. The van der Waals surface area contributed by atoms with E-state index in [1.165, 1.54) is 10.9 Å². The molecule has 31 heavy (non-hydrogen) atoms. The van der Waals surface area contributed by atoms with Crippen molar-refractivity contribution in [3.8, 4) is 0 Å². The Kier molecular flexibility index (Phi) is 4.99. The van der Waals surface area contributed by atoms with Crippen LogP contribution in [0.5, 0.6) is 0 Å². The van der Waals surface area contributed by atoms with Crippen LogP contribution in [0, 0.1) is 5.92 Å². The highest BCUT2D eigenvalue weighted by Gasteiger charge is 2.55. The zero-order chi connectivity index (χ0) is 21.6. The molecule has 1 aromatic heterocycles. The second-order valence-corrected chi connectivity index (χ2v) is 9.38. The van der Waals surface area contributed by atoms with Gasteiger partial charge in [-0.2, -0.15) is 0 Å². The molecule has 5 rings (SSSR count). The zero-order valence-corrected chi connectivity index (χ0v) is 18.0. The maximum atomic E-state index is 13.1. The molecule has 3 aliphatic rings. The van der Waals surface area contributed by atoms with Crippen LogP contribution in [-0.2, 0) is 9.59 Å². The van der Waals surface area contributed by atoms with Crippen LogP contribution in [-0.4, -0.2) is 57.8 Å². The minimum atomic E-state index is -0.808. The van der Waals surface area contributed by atoms with Crippen molar-refractivity contribution in [1.82, 2.24) is 20.1 Å². The van der Waals surface area contributed by atoms with Gasteiger partial charge < -0.3 is 15.2 Å². The summed E-state index contributed by atoms with van der Waals surface area (Å²) in [5.74, 6) is 0.154. The summed E-state index contributed by atoms with van der Waals surface area (Å²) in [4.78, 5) is 44.9. The van der Waals surface area contributed by atoms with Gasteiger partial charge >= 0.3 is 6.03 Å². The van der Waals surface area contributed by atoms with Gasteiger partial charge in [0.2, 0.25) is 5.91 Å². The van der Waals surface area contributed by atoms with Crippen LogP contribution in [0.2, 0.25) is 0 Å². The standard InChI is InChI=1S/C24H30N4O3/c1-16-6-4-5-11-24(16)22(30)28(23(31)26-24)15-21(29)27-12-9-17(10-13-27)19-14-25-20-8-3-2-7-18(19)20/h2-3,7-8,14,16-17,25H,4-6,9-13,15H2,1H3,(H,26,31)/t16-,24-/m0/s1. The van der Waals surface area contributed by atoms with E-state index in [1.54, 1.807) is 4.90 Å². The first kappa shape index (κ1) is 20.1. The smallest absolute Gasteiger partial charge is 0.325 e. The molecule has 0 bridgehead atoms. The normalized spacial score (nSPS) is 27.3. The summed E-state index contributed by atoms with van der Waals surface area (Å²) in [5.41, 5.74) is 1.64. The number of piperidine rings is 1. The summed E-state index contributed by atoms with van der Waals surface area (Å²) in [6.45, 7) is 3.16. The molecule has 2 N–H and O–H groups in total. The fourth-order valence-electron chi connectivity index (χ4n) is 5.75. The molecule has 1 saturated carbocycles. The predicted octanol–water partition coefficient (Wildman–Crippen LogP) is 3.37. The lowest BCUT2D eigenvalue weighted by atomic mass is 9.73. The van der Waals surface area contributed by atoms with Gasteiger partial charge in [0.05, 0.1) is 0 Å². The summed E-state index contributed by atoms with van der Waals surface area (Å²) in [6.07, 6.45) is 7.46. The Morgan fingerprint density at radius 2 is 1.90 bits per heavy atom. The monoisotopic (exact) mass is 422 g/mol. The number of benzene rings is 1. The van der Waals surface area contributed by atoms with Crippen molar-refractivity contribution in [2.24, 2.45) is 5.92 Å². The molecule has 2 saturated heterocycles. The fourth-order valence-corrected chi connectivity index (χ4v) is 5.75. The highest BCUT2D eigenvalue weighted by Crippen LogP contribution is 2.38. The number of aromatic amines is 1. The molecule has 2 aliphatic heterocycles. The van der Waals surface area contributed by atoms with Gasteiger partial charge in [-0.3, -0.25) is 14.5 Å². The number of nitrogens with zero attached hydrogens (tertiary/aromatic N) is 2. The first-order chi connectivity index (χ1) is 15.0. The molecule has 2 atom stereocenters.